The van der Waals surface area contributed by atoms with Crippen LogP contribution in [0.3, 0.4) is 0 Å². The molecule has 4 heterocycles. The van der Waals surface area contributed by atoms with Crippen molar-refractivity contribution in [2.45, 2.75) is 90.4 Å². The van der Waals surface area contributed by atoms with Gasteiger partial charge >= 0.3 is 0 Å². The maximum atomic E-state index is 12.9. The zero-order chi connectivity index (χ0) is 28.1. The molecule has 0 radical (unpaired) electrons. The fraction of sp³-hybridized carbons (Fsp3) is 0.690. The van der Waals surface area contributed by atoms with Gasteiger partial charge in [0.05, 0.1) is 25.1 Å². The highest BCUT2D eigenvalue weighted by Gasteiger charge is 2.50. The van der Waals surface area contributed by atoms with Crippen molar-refractivity contribution in [2.75, 3.05) is 38.2 Å². The minimum absolute atomic E-state index is 0.0496. The van der Waals surface area contributed by atoms with Crippen LogP contribution < -0.4 is 20.9 Å². The minimum atomic E-state index is -0.367. The maximum absolute atomic E-state index is 12.9. The van der Waals surface area contributed by atoms with Crippen LogP contribution in [0.1, 0.15) is 73.9 Å². The molecule has 1 saturated heterocycles. The second kappa shape index (κ2) is 10.5. The zero-order valence-corrected chi connectivity index (χ0v) is 24.4. The number of nitrogens with one attached hydrogen (secondary N) is 3. The van der Waals surface area contributed by atoms with E-state index in [2.05, 4.69) is 32.1 Å². The summed E-state index contributed by atoms with van der Waals surface area (Å²) in [5.74, 6) is 1.66. The van der Waals surface area contributed by atoms with E-state index in [-0.39, 0.29) is 23.0 Å². The molecule has 1 atom stereocenters. The van der Waals surface area contributed by atoms with Gasteiger partial charge in [-0.1, -0.05) is 0 Å². The summed E-state index contributed by atoms with van der Waals surface area (Å²) in [5, 5.41) is 22.0. The van der Waals surface area contributed by atoms with Crippen molar-refractivity contribution in [3.8, 4) is 0 Å². The van der Waals surface area contributed by atoms with E-state index in [0.29, 0.717) is 30.4 Å². The van der Waals surface area contributed by atoms with Crippen LogP contribution in [0.25, 0.3) is 0 Å². The van der Waals surface area contributed by atoms with Crippen molar-refractivity contribution in [3.05, 3.63) is 28.5 Å². The van der Waals surface area contributed by atoms with Crippen molar-refractivity contribution < 1.29 is 14.8 Å². The van der Waals surface area contributed by atoms with Crippen LogP contribution in [-0.2, 0) is 29.0 Å². The molecule has 11 nitrogen and oxygen atoms in total. The zero-order valence-electron chi connectivity index (χ0n) is 24.4. The maximum Gasteiger partial charge on any atom is 0.250 e. The van der Waals surface area contributed by atoms with E-state index in [1.54, 1.807) is 6.92 Å². The molecule has 2 bridgehead atoms. The van der Waals surface area contributed by atoms with Crippen LogP contribution >= 0.6 is 0 Å². The highest BCUT2D eigenvalue weighted by molar-refractivity contribution is 5.99. The van der Waals surface area contributed by atoms with E-state index in [4.69, 9.17) is 20.2 Å². The molecule has 40 heavy (non-hydrogen) atoms. The molecule has 2 aromatic heterocycles. The number of nitrogens with zero attached hydrogens (tertiary/aromatic N) is 5. The van der Waals surface area contributed by atoms with E-state index < -0.39 is 0 Å². The summed E-state index contributed by atoms with van der Waals surface area (Å²) < 4.78 is 8.01. The number of hydrogen-bond acceptors (Lipinski definition) is 8. The SMILES string of the molecule is C[NH2+]c1c(C(C)=N)nc(C)nc1N1CCc2c(c(C)nn2CC23CCC(NC(=O)[C@@H]4CNCCO4)(CC2)CC3)C1. The van der Waals surface area contributed by atoms with E-state index in [0.717, 1.165) is 88.3 Å². The van der Waals surface area contributed by atoms with E-state index in [1.807, 2.05) is 19.3 Å². The Hall–Kier alpha value is -2.89. The Morgan fingerprint density at radius 2 is 1.95 bits per heavy atom. The standard InChI is InChI=1S/C29H43N9O2/c1-18(30)24-25(31-4)26(34-20(3)33-24)37-13-5-22-21(16-37)19(2)36-38(22)17-28-6-9-29(10-7-28,11-8-28)35-27(39)23-15-32-12-14-40-23/h23,30-32H,5-17H2,1-4H3,(H,35,39)/p+1/t23-,28?,29?/m0/s1. The monoisotopic (exact) mass is 550 g/mol. The molecule has 3 saturated carbocycles. The Morgan fingerprint density at radius 1 is 1.20 bits per heavy atom. The molecule has 3 aliphatic carbocycles. The summed E-state index contributed by atoms with van der Waals surface area (Å²) in [6.45, 7) is 10.4. The number of carbonyl (C=O) groups is 1. The van der Waals surface area contributed by atoms with E-state index in [1.165, 1.54) is 11.3 Å². The van der Waals surface area contributed by atoms with Crippen LogP contribution in [-0.4, -0.2) is 76.3 Å². The number of fused-ring (bicyclic) bond motifs is 4. The van der Waals surface area contributed by atoms with Crippen molar-refractivity contribution in [1.29, 1.82) is 5.41 Å². The number of aromatic nitrogens is 4. The van der Waals surface area contributed by atoms with Gasteiger partial charge in [0.2, 0.25) is 0 Å². The number of amides is 1. The number of anilines is 1. The highest BCUT2D eigenvalue weighted by atomic mass is 16.5. The summed E-state index contributed by atoms with van der Waals surface area (Å²) in [4.78, 5) is 24.6. The van der Waals surface area contributed by atoms with Crippen molar-refractivity contribution in [1.82, 2.24) is 30.4 Å². The Balaban J connectivity index is 1.15. The molecule has 11 heteroatoms. The third-order valence-corrected chi connectivity index (χ3v) is 9.81. The molecular formula is C29H44N9O2+. The van der Waals surface area contributed by atoms with Crippen LogP contribution in [0.4, 0.5) is 11.5 Å². The van der Waals surface area contributed by atoms with Gasteiger partial charge in [-0.05, 0) is 64.7 Å². The van der Waals surface area contributed by atoms with Gasteiger partial charge in [-0.15, -0.1) is 0 Å². The number of morpholine rings is 1. The summed E-state index contributed by atoms with van der Waals surface area (Å²) in [5.41, 5.74) is 6.06. The van der Waals surface area contributed by atoms with Crippen molar-refractivity contribution >= 4 is 23.1 Å². The molecule has 0 spiro atoms. The first-order valence-electron chi connectivity index (χ1n) is 14.9. The fourth-order valence-corrected chi connectivity index (χ4v) is 7.41. The van der Waals surface area contributed by atoms with Gasteiger partial charge in [0.1, 0.15) is 11.9 Å². The number of ether oxygens (including phenoxy) is 1. The van der Waals surface area contributed by atoms with E-state index >= 15 is 0 Å². The molecule has 216 valence electrons. The first kappa shape index (κ1) is 27.3. The number of carbonyl (C=O) groups excluding carboxylic acids is 1. The quantitative estimate of drug-likeness (QED) is 0.381. The van der Waals surface area contributed by atoms with Crippen LogP contribution in [0, 0.1) is 24.7 Å². The molecule has 0 aromatic carbocycles. The van der Waals surface area contributed by atoms with Gasteiger partial charge in [-0.3, -0.25) is 9.48 Å². The average Bonchev–Trinajstić information content (AvgIpc) is 3.27. The number of rotatable bonds is 7. The number of hydrogen-bond donors (Lipinski definition) is 4. The highest BCUT2D eigenvalue weighted by Crippen LogP contribution is 2.53. The van der Waals surface area contributed by atoms with Gasteiger partial charge < -0.3 is 31.0 Å². The normalized spacial score (nSPS) is 27.9. The van der Waals surface area contributed by atoms with Crippen molar-refractivity contribution in [2.24, 2.45) is 5.41 Å². The van der Waals surface area contributed by atoms with Crippen LogP contribution in [0.15, 0.2) is 0 Å². The fourth-order valence-electron chi connectivity index (χ4n) is 7.41. The smallest absolute Gasteiger partial charge is 0.250 e. The predicted octanol–water partition coefficient (Wildman–Crippen LogP) is 1.26. The average molecular weight is 551 g/mol. The predicted molar refractivity (Wildman–Crippen MR) is 152 cm³/mol. The lowest BCUT2D eigenvalue weighted by molar-refractivity contribution is -0.539. The molecule has 5 N–H and O–H groups in total. The molecule has 7 rings (SSSR count). The number of quaternary nitrogens is 1. The lowest BCUT2D eigenvalue weighted by Gasteiger charge is -2.54. The summed E-state index contributed by atoms with van der Waals surface area (Å²) in [6, 6.07) is 0. The minimum Gasteiger partial charge on any atom is -0.366 e. The third kappa shape index (κ3) is 4.92. The van der Waals surface area contributed by atoms with Gasteiger partial charge in [0.15, 0.2) is 17.2 Å². The largest absolute Gasteiger partial charge is 0.366 e. The van der Waals surface area contributed by atoms with Gasteiger partial charge in [0.25, 0.3) is 5.91 Å². The first-order chi connectivity index (χ1) is 19.2. The number of aryl methyl sites for hydroxylation is 2. The molecule has 5 aliphatic rings. The van der Waals surface area contributed by atoms with Crippen molar-refractivity contribution in [3.63, 3.8) is 0 Å². The third-order valence-electron chi connectivity index (χ3n) is 9.81. The lowest BCUT2D eigenvalue weighted by Crippen LogP contribution is -2.74. The lowest BCUT2D eigenvalue weighted by atomic mass is 9.57. The first-order valence-corrected chi connectivity index (χ1v) is 14.9. The molecule has 1 amide bonds. The van der Waals surface area contributed by atoms with E-state index in [9.17, 15) is 4.79 Å². The van der Waals surface area contributed by atoms with Gasteiger partial charge in [-0.25, -0.2) is 9.97 Å². The number of nitrogens with two attached hydrogens (primary N) is 1. The topological polar surface area (TPSA) is 138 Å². The Labute approximate surface area is 236 Å². The summed E-state index contributed by atoms with van der Waals surface area (Å²) in [6.07, 6.45) is 7.03. The molecule has 4 fully saturated rings. The Bertz CT molecular complexity index is 1290. The molecule has 2 aromatic rings. The van der Waals surface area contributed by atoms with Gasteiger partial charge in [-0.2, -0.15) is 5.10 Å². The molecular weight excluding hydrogens is 506 g/mol. The summed E-state index contributed by atoms with van der Waals surface area (Å²) in [7, 11) is 2.00. The second-order valence-corrected chi connectivity index (χ2v) is 12.4. The Morgan fingerprint density at radius 3 is 2.60 bits per heavy atom. The van der Waals surface area contributed by atoms with Crippen LogP contribution in [0.2, 0.25) is 0 Å². The summed E-state index contributed by atoms with van der Waals surface area (Å²) >= 11 is 0. The molecule has 2 aliphatic heterocycles. The molecule has 0 unspecified atom stereocenters. The van der Waals surface area contributed by atoms with Crippen LogP contribution in [0.5, 0.6) is 0 Å². The van der Waals surface area contributed by atoms with Gasteiger partial charge in [0, 0.05) is 55.9 Å². The second-order valence-electron chi connectivity index (χ2n) is 12.4. The Kier molecular flexibility index (Phi) is 7.16.